The van der Waals surface area contributed by atoms with Gasteiger partial charge < -0.3 is 9.73 Å². The first-order valence-electron chi connectivity index (χ1n) is 4.77. The number of nitrogens with zero attached hydrogens (tertiary/aromatic N) is 4. The molecule has 0 bridgehead atoms. The lowest BCUT2D eigenvalue weighted by Gasteiger charge is -2.11. The van der Waals surface area contributed by atoms with Gasteiger partial charge in [0, 0.05) is 19.5 Å². The van der Waals surface area contributed by atoms with Gasteiger partial charge in [-0.15, -0.1) is 0 Å². The molecule has 1 N–H and O–H groups in total. The van der Waals surface area contributed by atoms with Crippen LogP contribution in [0.2, 0.25) is 0 Å². The van der Waals surface area contributed by atoms with Crippen LogP contribution in [-0.4, -0.2) is 26.2 Å². The van der Waals surface area contributed by atoms with Crippen molar-refractivity contribution in [2.45, 2.75) is 19.4 Å². The van der Waals surface area contributed by atoms with Gasteiger partial charge in [0.15, 0.2) is 0 Å². The van der Waals surface area contributed by atoms with E-state index < -0.39 is 0 Å². The Balaban J connectivity index is 1.93. The minimum Gasteiger partial charge on any atom is -0.469 e. The topological polar surface area (TPSA) is 68.8 Å². The van der Waals surface area contributed by atoms with Gasteiger partial charge in [-0.3, -0.25) is 0 Å². The number of aryl methyl sites for hydroxylation is 1. The highest BCUT2D eigenvalue weighted by Gasteiger charge is 2.08. The molecule has 80 valence electrons. The summed E-state index contributed by atoms with van der Waals surface area (Å²) >= 11 is 0. The fourth-order valence-corrected chi connectivity index (χ4v) is 1.35. The Morgan fingerprint density at radius 3 is 3.07 bits per heavy atom. The Morgan fingerprint density at radius 1 is 1.60 bits per heavy atom. The minimum absolute atomic E-state index is 0.223. The monoisotopic (exact) mass is 207 g/mol. The number of furan rings is 1. The summed E-state index contributed by atoms with van der Waals surface area (Å²) in [5, 5.41) is 14.3. The fourth-order valence-electron chi connectivity index (χ4n) is 1.35. The number of tetrazole rings is 1. The van der Waals surface area contributed by atoms with Crippen LogP contribution < -0.4 is 5.32 Å². The minimum atomic E-state index is 0.223. The summed E-state index contributed by atoms with van der Waals surface area (Å²) in [7, 11) is 1.79. The van der Waals surface area contributed by atoms with E-state index in [2.05, 4.69) is 27.8 Å². The molecular weight excluding hydrogens is 194 g/mol. The van der Waals surface area contributed by atoms with Gasteiger partial charge in [-0.05, 0) is 29.5 Å². The molecule has 0 fully saturated rings. The average molecular weight is 207 g/mol. The van der Waals surface area contributed by atoms with Crippen molar-refractivity contribution in [2.75, 3.05) is 5.32 Å². The Bertz CT molecular complexity index is 408. The molecule has 2 aromatic rings. The smallest absolute Gasteiger partial charge is 0.242 e. The first kappa shape index (κ1) is 9.70. The zero-order chi connectivity index (χ0) is 10.7. The van der Waals surface area contributed by atoms with Gasteiger partial charge in [0.25, 0.3) is 0 Å². The highest BCUT2D eigenvalue weighted by atomic mass is 16.3. The number of rotatable bonds is 4. The van der Waals surface area contributed by atoms with Crippen LogP contribution in [0.5, 0.6) is 0 Å². The molecule has 0 aliphatic heterocycles. The van der Waals surface area contributed by atoms with Crippen LogP contribution in [0.25, 0.3) is 0 Å². The molecule has 0 spiro atoms. The van der Waals surface area contributed by atoms with Gasteiger partial charge >= 0.3 is 0 Å². The molecule has 2 heterocycles. The van der Waals surface area contributed by atoms with Crippen LogP contribution in [0.15, 0.2) is 22.8 Å². The lowest BCUT2D eigenvalue weighted by atomic mass is 10.2. The number of aromatic nitrogens is 4. The molecule has 0 aliphatic rings. The van der Waals surface area contributed by atoms with Gasteiger partial charge in [0.2, 0.25) is 5.95 Å². The van der Waals surface area contributed by atoms with Gasteiger partial charge in [0.1, 0.15) is 5.76 Å². The summed E-state index contributed by atoms with van der Waals surface area (Å²) < 4.78 is 6.85. The van der Waals surface area contributed by atoms with Gasteiger partial charge in [-0.2, -0.15) is 0 Å². The average Bonchev–Trinajstić information content (AvgIpc) is 2.79. The highest BCUT2D eigenvalue weighted by Crippen LogP contribution is 2.07. The third kappa shape index (κ3) is 2.34. The van der Waals surface area contributed by atoms with E-state index in [0.717, 1.165) is 12.2 Å². The van der Waals surface area contributed by atoms with E-state index in [4.69, 9.17) is 4.42 Å². The van der Waals surface area contributed by atoms with Crippen LogP contribution >= 0.6 is 0 Å². The van der Waals surface area contributed by atoms with E-state index in [1.807, 2.05) is 12.1 Å². The van der Waals surface area contributed by atoms with Crippen molar-refractivity contribution in [1.29, 1.82) is 0 Å². The van der Waals surface area contributed by atoms with E-state index in [1.54, 1.807) is 18.0 Å². The summed E-state index contributed by atoms with van der Waals surface area (Å²) in [6, 6.07) is 4.06. The molecule has 1 unspecified atom stereocenters. The molecule has 2 rings (SSSR count). The van der Waals surface area contributed by atoms with E-state index in [0.29, 0.717) is 5.95 Å². The Morgan fingerprint density at radius 2 is 2.47 bits per heavy atom. The summed E-state index contributed by atoms with van der Waals surface area (Å²) in [6.07, 6.45) is 2.48. The maximum absolute atomic E-state index is 5.26. The SMILES string of the molecule is CC(Cc1ccco1)Nc1nnnn1C. The predicted octanol–water partition coefficient (Wildman–Crippen LogP) is 0.846. The molecular formula is C9H13N5O. The van der Waals surface area contributed by atoms with Crippen molar-refractivity contribution >= 4 is 5.95 Å². The molecule has 0 saturated carbocycles. The first-order valence-corrected chi connectivity index (χ1v) is 4.77. The number of nitrogens with one attached hydrogen (secondary N) is 1. The molecule has 2 aromatic heterocycles. The molecule has 0 saturated heterocycles. The molecule has 0 aromatic carbocycles. The standard InChI is InChI=1S/C9H13N5O/c1-7(6-8-4-3-5-15-8)10-9-11-12-13-14(9)2/h3-5,7H,6H2,1-2H3,(H,10,11,13). The zero-order valence-electron chi connectivity index (χ0n) is 8.71. The quantitative estimate of drug-likeness (QED) is 0.804. The number of hydrogen-bond donors (Lipinski definition) is 1. The lowest BCUT2D eigenvalue weighted by molar-refractivity contribution is 0.496. The zero-order valence-corrected chi connectivity index (χ0v) is 8.71. The molecule has 1 atom stereocenters. The van der Waals surface area contributed by atoms with Gasteiger partial charge in [-0.1, -0.05) is 5.10 Å². The Labute approximate surface area is 87.3 Å². The van der Waals surface area contributed by atoms with Crippen molar-refractivity contribution in [3.8, 4) is 0 Å². The van der Waals surface area contributed by atoms with Crippen LogP contribution in [0, 0.1) is 0 Å². The van der Waals surface area contributed by atoms with Crippen LogP contribution in [0.3, 0.4) is 0 Å². The van der Waals surface area contributed by atoms with Gasteiger partial charge in [0.05, 0.1) is 6.26 Å². The summed E-state index contributed by atoms with van der Waals surface area (Å²) in [5.41, 5.74) is 0. The second-order valence-corrected chi connectivity index (χ2v) is 3.45. The predicted molar refractivity (Wildman–Crippen MR) is 54.3 cm³/mol. The van der Waals surface area contributed by atoms with E-state index in [1.165, 1.54) is 0 Å². The molecule has 0 amide bonds. The maximum atomic E-state index is 5.26. The van der Waals surface area contributed by atoms with E-state index in [-0.39, 0.29) is 6.04 Å². The number of hydrogen-bond acceptors (Lipinski definition) is 5. The Hall–Kier alpha value is -1.85. The van der Waals surface area contributed by atoms with E-state index >= 15 is 0 Å². The number of anilines is 1. The van der Waals surface area contributed by atoms with Crippen molar-refractivity contribution in [3.63, 3.8) is 0 Å². The van der Waals surface area contributed by atoms with Crippen molar-refractivity contribution in [2.24, 2.45) is 7.05 Å². The molecule has 6 nitrogen and oxygen atoms in total. The first-order chi connectivity index (χ1) is 7.25. The lowest BCUT2D eigenvalue weighted by Crippen LogP contribution is -2.20. The summed E-state index contributed by atoms with van der Waals surface area (Å²) in [5.74, 6) is 1.61. The van der Waals surface area contributed by atoms with Crippen molar-refractivity contribution in [3.05, 3.63) is 24.2 Å². The molecule has 15 heavy (non-hydrogen) atoms. The van der Waals surface area contributed by atoms with Crippen molar-refractivity contribution < 1.29 is 4.42 Å². The third-order valence-electron chi connectivity index (χ3n) is 2.08. The molecule has 0 aliphatic carbocycles. The maximum Gasteiger partial charge on any atom is 0.242 e. The highest BCUT2D eigenvalue weighted by molar-refractivity contribution is 5.23. The summed E-state index contributed by atoms with van der Waals surface area (Å²) in [6.45, 7) is 2.05. The second kappa shape index (κ2) is 4.12. The van der Waals surface area contributed by atoms with E-state index in [9.17, 15) is 0 Å². The van der Waals surface area contributed by atoms with Crippen LogP contribution in [-0.2, 0) is 13.5 Å². The van der Waals surface area contributed by atoms with Crippen LogP contribution in [0.4, 0.5) is 5.95 Å². The van der Waals surface area contributed by atoms with Crippen LogP contribution in [0.1, 0.15) is 12.7 Å². The fraction of sp³-hybridized carbons (Fsp3) is 0.444. The van der Waals surface area contributed by atoms with Crippen molar-refractivity contribution in [1.82, 2.24) is 20.2 Å². The Kier molecular flexibility index (Phi) is 2.66. The normalized spacial score (nSPS) is 12.7. The molecule has 6 heteroatoms. The second-order valence-electron chi connectivity index (χ2n) is 3.45. The van der Waals surface area contributed by atoms with Gasteiger partial charge in [-0.25, -0.2) is 4.68 Å². The molecule has 0 radical (unpaired) electrons. The third-order valence-corrected chi connectivity index (χ3v) is 2.08. The largest absolute Gasteiger partial charge is 0.469 e. The summed E-state index contributed by atoms with van der Waals surface area (Å²) in [4.78, 5) is 0.